The van der Waals surface area contributed by atoms with Gasteiger partial charge in [-0.1, -0.05) is 12.1 Å². The lowest BCUT2D eigenvalue weighted by Gasteiger charge is -2.10. The van der Waals surface area contributed by atoms with Crippen LogP contribution >= 0.6 is 0 Å². The number of nitrogens with one attached hydrogen (secondary N) is 1. The maximum absolute atomic E-state index is 6.02. The molecule has 0 radical (unpaired) electrons. The Labute approximate surface area is 96.0 Å². The van der Waals surface area contributed by atoms with Gasteiger partial charge in [0.1, 0.15) is 5.75 Å². The van der Waals surface area contributed by atoms with Crippen molar-refractivity contribution in [3.63, 3.8) is 0 Å². The molecule has 1 heterocycles. The van der Waals surface area contributed by atoms with Crippen LogP contribution in [0.4, 0.5) is 0 Å². The van der Waals surface area contributed by atoms with Crippen molar-refractivity contribution in [3.05, 3.63) is 29.3 Å². The predicted octanol–water partition coefficient (Wildman–Crippen LogP) is 1.20. The van der Waals surface area contributed by atoms with E-state index in [-0.39, 0.29) is 5.54 Å². The van der Waals surface area contributed by atoms with E-state index >= 15 is 0 Å². The van der Waals surface area contributed by atoms with Gasteiger partial charge in [-0.15, -0.1) is 0 Å². The molecular weight excluding hydrogens is 200 g/mol. The van der Waals surface area contributed by atoms with Crippen LogP contribution in [0.1, 0.15) is 24.0 Å². The first-order valence-electron chi connectivity index (χ1n) is 5.99. The van der Waals surface area contributed by atoms with Gasteiger partial charge in [0.25, 0.3) is 0 Å². The molecule has 2 aliphatic rings. The van der Waals surface area contributed by atoms with E-state index in [0.717, 1.165) is 44.7 Å². The normalized spacial score (nSPS) is 20.3. The Balaban J connectivity index is 1.58. The third kappa shape index (κ3) is 2.06. The van der Waals surface area contributed by atoms with Crippen molar-refractivity contribution < 1.29 is 4.74 Å². The summed E-state index contributed by atoms with van der Waals surface area (Å²) < 4.78 is 5.48. The lowest BCUT2D eigenvalue weighted by Crippen LogP contribution is -2.35. The zero-order valence-corrected chi connectivity index (χ0v) is 9.46. The Bertz CT molecular complexity index is 399. The van der Waals surface area contributed by atoms with Crippen molar-refractivity contribution >= 4 is 0 Å². The predicted molar refractivity (Wildman–Crippen MR) is 63.5 cm³/mol. The molecule has 3 nitrogen and oxygen atoms in total. The second kappa shape index (κ2) is 3.75. The minimum Gasteiger partial charge on any atom is -0.493 e. The van der Waals surface area contributed by atoms with Crippen LogP contribution in [0.25, 0.3) is 0 Å². The van der Waals surface area contributed by atoms with Crippen molar-refractivity contribution in [2.75, 3.05) is 13.2 Å². The summed E-state index contributed by atoms with van der Waals surface area (Å²) >= 11 is 0. The molecule has 1 aliphatic carbocycles. The van der Waals surface area contributed by atoms with E-state index in [1.54, 1.807) is 0 Å². The molecule has 86 valence electrons. The number of rotatable bonds is 4. The molecule has 0 spiro atoms. The van der Waals surface area contributed by atoms with Crippen molar-refractivity contribution in [1.82, 2.24) is 5.32 Å². The topological polar surface area (TPSA) is 47.3 Å². The second-order valence-electron chi connectivity index (χ2n) is 5.01. The Morgan fingerprint density at radius 1 is 1.38 bits per heavy atom. The van der Waals surface area contributed by atoms with Gasteiger partial charge in [0.2, 0.25) is 0 Å². The molecule has 1 aromatic rings. The summed E-state index contributed by atoms with van der Waals surface area (Å²) in [6.45, 7) is 2.67. The highest BCUT2D eigenvalue weighted by atomic mass is 16.5. The first-order valence-corrected chi connectivity index (χ1v) is 5.99. The van der Waals surface area contributed by atoms with Gasteiger partial charge >= 0.3 is 0 Å². The van der Waals surface area contributed by atoms with Crippen LogP contribution in [0.15, 0.2) is 18.2 Å². The van der Waals surface area contributed by atoms with E-state index in [2.05, 4.69) is 23.5 Å². The Kier molecular flexibility index (Phi) is 2.37. The van der Waals surface area contributed by atoms with E-state index in [1.165, 1.54) is 11.1 Å². The average Bonchev–Trinajstić information content (AvgIpc) is 2.84. The van der Waals surface area contributed by atoms with Gasteiger partial charge in [0.15, 0.2) is 0 Å². The third-order valence-corrected chi connectivity index (χ3v) is 3.45. The number of hydrogen-bond acceptors (Lipinski definition) is 3. The van der Waals surface area contributed by atoms with Crippen LogP contribution in [0, 0.1) is 0 Å². The molecular formula is C13H18N2O. The molecule has 3 rings (SSSR count). The highest BCUT2D eigenvalue weighted by Crippen LogP contribution is 2.31. The molecule has 0 unspecified atom stereocenters. The van der Waals surface area contributed by atoms with Gasteiger partial charge in [-0.25, -0.2) is 0 Å². The van der Waals surface area contributed by atoms with Crippen LogP contribution < -0.4 is 15.8 Å². The van der Waals surface area contributed by atoms with Crippen molar-refractivity contribution in [3.8, 4) is 5.75 Å². The highest BCUT2D eigenvalue weighted by molar-refractivity contribution is 5.39. The van der Waals surface area contributed by atoms with Gasteiger partial charge in [-0.05, 0) is 30.0 Å². The smallest absolute Gasteiger partial charge is 0.122 e. The first-order chi connectivity index (χ1) is 7.75. The molecule has 1 saturated carbocycles. The fraction of sp³-hybridized carbons (Fsp3) is 0.538. The zero-order chi connectivity index (χ0) is 11.0. The quantitative estimate of drug-likeness (QED) is 0.798. The largest absolute Gasteiger partial charge is 0.493 e. The Hall–Kier alpha value is -1.06. The van der Waals surface area contributed by atoms with Crippen LogP contribution in [0.2, 0.25) is 0 Å². The number of fused-ring (bicyclic) bond motifs is 1. The molecule has 3 heteroatoms. The zero-order valence-electron chi connectivity index (χ0n) is 9.46. The summed E-state index contributed by atoms with van der Waals surface area (Å²) in [5.41, 5.74) is 8.78. The molecule has 1 aromatic carbocycles. The number of hydrogen-bond donors (Lipinski definition) is 2. The van der Waals surface area contributed by atoms with Gasteiger partial charge < -0.3 is 15.8 Å². The Morgan fingerprint density at radius 2 is 2.25 bits per heavy atom. The van der Waals surface area contributed by atoms with Crippen molar-refractivity contribution in [2.45, 2.75) is 31.3 Å². The molecule has 0 bridgehead atoms. The number of ether oxygens (including phenoxy) is 1. The van der Waals surface area contributed by atoms with Crippen LogP contribution in [0.5, 0.6) is 5.75 Å². The van der Waals surface area contributed by atoms with E-state index in [4.69, 9.17) is 10.5 Å². The SMILES string of the molecule is NC1(CNCc2ccc3c(c2)CCO3)CC1. The lowest BCUT2D eigenvalue weighted by molar-refractivity contribution is 0.357. The molecule has 16 heavy (non-hydrogen) atoms. The number of nitrogens with two attached hydrogens (primary N) is 1. The molecule has 3 N–H and O–H groups in total. The van der Waals surface area contributed by atoms with Gasteiger partial charge in [0.05, 0.1) is 6.61 Å². The third-order valence-electron chi connectivity index (χ3n) is 3.45. The summed E-state index contributed by atoms with van der Waals surface area (Å²) in [5.74, 6) is 1.06. The monoisotopic (exact) mass is 218 g/mol. The standard InChI is InChI=1S/C13H18N2O/c14-13(4-5-13)9-15-8-10-1-2-12-11(7-10)3-6-16-12/h1-2,7,15H,3-6,8-9,14H2. The fourth-order valence-corrected chi connectivity index (χ4v) is 2.14. The molecule has 0 aromatic heterocycles. The average molecular weight is 218 g/mol. The maximum Gasteiger partial charge on any atom is 0.122 e. The van der Waals surface area contributed by atoms with E-state index in [1.807, 2.05) is 0 Å². The fourth-order valence-electron chi connectivity index (χ4n) is 2.14. The van der Waals surface area contributed by atoms with Crippen LogP contribution in [0.3, 0.4) is 0 Å². The molecule has 0 saturated heterocycles. The van der Waals surface area contributed by atoms with E-state index in [0.29, 0.717) is 0 Å². The summed E-state index contributed by atoms with van der Waals surface area (Å²) in [7, 11) is 0. The first kappa shape index (κ1) is 10.1. The summed E-state index contributed by atoms with van der Waals surface area (Å²) in [6, 6.07) is 6.45. The van der Waals surface area contributed by atoms with E-state index in [9.17, 15) is 0 Å². The van der Waals surface area contributed by atoms with Gasteiger partial charge in [-0.3, -0.25) is 0 Å². The van der Waals surface area contributed by atoms with Crippen LogP contribution in [-0.2, 0) is 13.0 Å². The molecule has 1 aliphatic heterocycles. The second-order valence-corrected chi connectivity index (χ2v) is 5.01. The minimum atomic E-state index is 0.0971. The Morgan fingerprint density at radius 3 is 3.06 bits per heavy atom. The van der Waals surface area contributed by atoms with E-state index < -0.39 is 0 Å². The molecule has 0 amide bonds. The van der Waals surface area contributed by atoms with Crippen LogP contribution in [-0.4, -0.2) is 18.7 Å². The van der Waals surface area contributed by atoms with Gasteiger partial charge in [0, 0.05) is 25.0 Å². The summed E-state index contributed by atoms with van der Waals surface area (Å²) in [6.07, 6.45) is 3.38. The molecule has 0 atom stereocenters. The van der Waals surface area contributed by atoms with Gasteiger partial charge in [-0.2, -0.15) is 0 Å². The number of benzene rings is 1. The summed E-state index contributed by atoms with van der Waals surface area (Å²) in [4.78, 5) is 0. The minimum absolute atomic E-state index is 0.0971. The maximum atomic E-state index is 6.02. The van der Waals surface area contributed by atoms with Crippen molar-refractivity contribution in [1.29, 1.82) is 0 Å². The lowest BCUT2D eigenvalue weighted by atomic mass is 10.1. The van der Waals surface area contributed by atoms with Crippen molar-refractivity contribution in [2.24, 2.45) is 5.73 Å². The molecule has 1 fully saturated rings. The summed E-state index contributed by atoms with van der Waals surface area (Å²) in [5, 5.41) is 3.43. The highest BCUT2D eigenvalue weighted by Gasteiger charge is 2.37.